The summed E-state index contributed by atoms with van der Waals surface area (Å²) < 4.78 is 539. The first-order valence-electron chi connectivity index (χ1n) is 20.1. The summed E-state index contributed by atoms with van der Waals surface area (Å²) in [6.07, 6.45) is -11.8. The molecular formula is C34H37F35O9Si. The van der Waals surface area contributed by atoms with Crippen molar-refractivity contribution in [1.29, 1.82) is 0 Å². The van der Waals surface area contributed by atoms with E-state index in [9.17, 15) is 136 Å². The molecule has 0 aromatic heterocycles. The van der Waals surface area contributed by atoms with Crippen molar-refractivity contribution in [3.8, 4) is 0 Å². The number of rotatable bonds is 39. The first-order chi connectivity index (χ1) is 34.9. The van der Waals surface area contributed by atoms with Crippen LogP contribution >= 0.6 is 0 Å². The van der Waals surface area contributed by atoms with E-state index in [2.05, 4.69) is 14.2 Å². The van der Waals surface area contributed by atoms with Crippen LogP contribution in [-0.2, 0) is 41.7 Å². The Morgan fingerprint density at radius 2 is 0.405 bits per heavy atom. The van der Waals surface area contributed by atoms with Gasteiger partial charge in [-0.3, -0.25) is 0 Å². The average Bonchev–Trinajstić information content (AvgIpc) is 3.30. The van der Waals surface area contributed by atoms with Crippen molar-refractivity contribution in [2.45, 2.75) is 113 Å². The molecule has 0 heterocycles. The van der Waals surface area contributed by atoms with Gasteiger partial charge < -0.3 is 41.7 Å². The molecule has 0 amide bonds. The molecule has 0 aliphatic heterocycles. The Bertz CT molecular complexity index is 1840. The van der Waals surface area contributed by atoms with E-state index >= 15 is 17.6 Å². The van der Waals surface area contributed by atoms with Gasteiger partial charge in [-0.2, -0.15) is 154 Å². The fourth-order valence-corrected chi connectivity index (χ4v) is 7.77. The summed E-state index contributed by atoms with van der Waals surface area (Å²) in [5, 5.41) is 0. The van der Waals surface area contributed by atoms with Gasteiger partial charge in [-0.1, -0.05) is 0 Å². The van der Waals surface area contributed by atoms with Gasteiger partial charge in [0.25, 0.3) is 0 Å². The van der Waals surface area contributed by atoms with Gasteiger partial charge in [-0.05, 0) is 0 Å². The highest BCUT2D eigenvalue weighted by Crippen LogP contribution is 2.70. The summed E-state index contributed by atoms with van der Waals surface area (Å²) in [5.41, 5.74) is 0. The molecular weight excluding hydrogens is 1250 g/mol. The molecule has 0 radical (unpaired) electrons. The third kappa shape index (κ3) is 13.2. The second-order valence-corrected chi connectivity index (χ2v) is 18.1. The van der Waals surface area contributed by atoms with Gasteiger partial charge in [0.15, 0.2) is 0 Å². The van der Waals surface area contributed by atoms with E-state index in [-0.39, 0.29) is 39.6 Å². The number of ether oxygens (including phenoxy) is 6. The molecule has 79 heavy (non-hydrogen) atoms. The van der Waals surface area contributed by atoms with Crippen molar-refractivity contribution >= 4 is 8.80 Å². The zero-order valence-electron chi connectivity index (χ0n) is 38.8. The third-order valence-electron chi connectivity index (χ3n) is 10.0. The molecule has 476 valence electrons. The number of hydrogen-bond acceptors (Lipinski definition) is 9. The van der Waals surface area contributed by atoms with Crippen molar-refractivity contribution in [3.05, 3.63) is 0 Å². The summed E-state index contributed by atoms with van der Waals surface area (Å²) in [6, 6.07) is -2.21. The zero-order valence-corrected chi connectivity index (χ0v) is 39.8. The Hall–Kier alpha value is -2.59. The summed E-state index contributed by atoms with van der Waals surface area (Å²) in [7, 11) is -2.09. The number of hydrogen-bond donors (Lipinski definition) is 0. The summed E-state index contributed by atoms with van der Waals surface area (Å²) in [6.45, 7) is -6.70. The molecule has 0 N–H and O–H groups in total. The van der Waals surface area contributed by atoms with Gasteiger partial charge in [0.05, 0.1) is 79.3 Å². The van der Waals surface area contributed by atoms with Crippen LogP contribution in [0.4, 0.5) is 154 Å². The van der Waals surface area contributed by atoms with Crippen molar-refractivity contribution in [3.63, 3.8) is 0 Å². The number of halogens is 35. The van der Waals surface area contributed by atoms with Crippen LogP contribution < -0.4 is 0 Å². The highest BCUT2D eigenvalue weighted by Gasteiger charge is 3.02. The van der Waals surface area contributed by atoms with Crippen molar-refractivity contribution in [1.82, 2.24) is 0 Å². The predicted molar refractivity (Wildman–Crippen MR) is 186 cm³/mol. The van der Waals surface area contributed by atoms with Crippen molar-refractivity contribution in [2.24, 2.45) is 0 Å². The van der Waals surface area contributed by atoms with Crippen LogP contribution in [0.2, 0.25) is 6.04 Å². The molecule has 9 nitrogen and oxygen atoms in total. The van der Waals surface area contributed by atoms with Gasteiger partial charge in [-0.15, -0.1) is 0 Å². The Balaban J connectivity index is 7.66. The molecule has 0 aromatic carbocycles. The SMILES string of the molecule is COCCOCCO[Si](CCC(F)(F)C(F)(F)C(F)(F)C(F)(F)C(F)(F)C(F)(F)C(F)(F)C(F)(F)C(F)(F)C(F)(F)C(F)(F)C(F)(F)C(F)(F)C(F)(F)C(F)(F)C(F)(F)C(F)(F)F)(OCCOCCOC)OCCOCCOC. The monoisotopic (exact) mass is 1280 g/mol. The first-order valence-corrected chi connectivity index (χ1v) is 22.1. The van der Waals surface area contributed by atoms with Gasteiger partial charge >= 0.3 is 110 Å². The smallest absolute Gasteiger partial charge is 0.382 e. The van der Waals surface area contributed by atoms with E-state index in [1.165, 1.54) is 0 Å². The van der Waals surface area contributed by atoms with Crippen LogP contribution in [0.25, 0.3) is 0 Å². The molecule has 0 aromatic rings. The normalized spacial score (nSPS) is 15.9. The lowest BCUT2D eigenvalue weighted by Crippen LogP contribution is -2.80. The van der Waals surface area contributed by atoms with Crippen LogP contribution in [0.5, 0.6) is 0 Å². The molecule has 0 unspecified atom stereocenters. The molecule has 0 rings (SSSR count). The van der Waals surface area contributed by atoms with Crippen LogP contribution in [0, 0.1) is 0 Å². The second kappa shape index (κ2) is 25.3. The van der Waals surface area contributed by atoms with Crippen LogP contribution in [-0.4, -0.2) is 210 Å². The lowest BCUT2D eigenvalue weighted by Gasteiger charge is -2.47. The van der Waals surface area contributed by atoms with E-state index in [1.54, 1.807) is 0 Å². The molecule has 0 fully saturated rings. The van der Waals surface area contributed by atoms with Crippen LogP contribution in [0.15, 0.2) is 0 Å². The standard InChI is InChI=1S/C34H37F35O9Si/c1-70-5-8-73-11-14-76-79(77-15-12-74-9-6-71-2,78-16-13-75-10-7-72-3)17-4-18(35,36)19(37,38)20(39,40)21(41,42)22(43,44)23(45,46)24(47,48)25(49,50)26(51,52)27(53,54)28(55,56)29(57,58)30(59,60)31(61,62)32(63,64)33(65,66)34(67,68)69/h4-17H2,1-3H3. The molecule has 0 saturated carbocycles. The second-order valence-electron chi connectivity index (χ2n) is 15.4. The Morgan fingerprint density at radius 3 is 0.595 bits per heavy atom. The van der Waals surface area contributed by atoms with E-state index in [1.807, 2.05) is 0 Å². The topological polar surface area (TPSA) is 83.1 Å². The lowest BCUT2D eigenvalue weighted by atomic mass is 9.82. The molecule has 0 aliphatic carbocycles. The largest absolute Gasteiger partial charge is 0.501 e. The van der Waals surface area contributed by atoms with Gasteiger partial charge in [0, 0.05) is 33.8 Å². The van der Waals surface area contributed by atoms with E-state index in [4.69, 9.17) is 27.5 Å². The minimum Gasteiger partial charge on any atom is -0.382 e. The third-order valence-corrected chi connectivity index (χ3v) is 12.8. The Labute approximate surface area is 418 Å². The zero-order chi connectivity index (χ0) is 63.3. The van der Waals surface area contributed by atoms with E-state index in [0.29, 0.717) is 0 Å². The first kappa shape index (κ1) is 76.4. The number of alkyl halides is 35. The van der Waals surface area contributed by atoms with Crippen LogP contribution in [0.1, 0.15) is 6.42 Å². The van der Waals surface area contributed by atoms with Crippen molar-refractivity contribution < 1.29 is 195 Å². The van der Waals surface area contributed by atoms with E-state index in [0.717, 1.165) is 21.3 Å². The molecule has 0 aliphatic rings. The summed E-state index contributed by atoms with van der Waals surface area (Å²) in [4.78, 5) is 0. The van der Waals surface area contributed by atoms with E-state index < -0.39 is 162 Å². The van der Waals surface area contributed by atoms with Crippen molar-refractivity contribution in [2.75, 3.05) is 101 Å². The molecule has 45 heteroatoms. The fraction of sp³-hybridized carbons (Fsp3) is 1.00. The summed E-state index contributed by atoms with van der Waals surface area (Å²) >= 11 is 0. The van der Waals surface area contributed by atoms with Crippen LogP contribution in [0.3, 0.4) is 0 Å². The molecule has 0 spiro atoms. The van der Waals surface area contributed by atoms with Gasteiger partial charge in [-0.25, -0.2) is 0 Å². The Kier molecular flexibility index (Phi) is 24.5. The average molecular weight is 1280 g/mol. The molecule has 0 saturated heterocycles. The van der Waals surface area contributed by atoms with Gasteiger partial charge in [0.2, 0.25) is 0 Å². The fourth-order valence-electron chi connectivity index (χ4n) is 5.28. The minimum absolute atomic E-state index is 0.194. The lowest BCUT2D eigenvalue weighted by molar-refractivity contribution is -0.492. The summed E-state index contributed by atoms with van der Waals surface area (Å²) in [5.74, 6) is -155. The molecule has 0 atom stereocenters. The predicted octanol–water partition coefficient (Wildman–Crippen LogP) is 12.1. The number of methoxy groups -OCH3 is 3. The quantitative estimate of drug-likeness (QED) is 0.0339. The minimum atomic E-state index is -10.4. The molecule has 0 bridgehead atoms. The maximum Gasteiger partial charge on any atom is 0.501 e. The Morgan fingerprint density at radius 1 is 0.228 bits per heavy atom. The van der Waals surface area contributed by atoms with Gasteiger partial charge in [0.1, 0.15) is 0 Å². The maximum absolute atomic E-state index is 15.2. The maximum atomic E-state index is 15.2. The highest BCUT2D eigenvalue weighted by molar-refractivity contribution is 6.60. The highest BCUT2D eigenvalue weighted by atomic mass is 28.4.